The van der Waals surface area contributed by atoms with Crippen molar-refractivity contribution in [1.29, 1.82) is 0 Å². The number of nitrogens with two attached hydrogens (primary N) is 1. The van der Waals surface area contributed by atoms with Crippen molar-refractivity contribution < 1.29 is 4.79 Å². The van der Waals surface area contributed by atoms with E-state index in [0.29, 0.717) is 12.5 Å². The van der Waals surface area contributed by atoms with Crippen LogP contribution in [0.1, 0.15) is 46.5 Å². The maximum absolute atomic E-state index is 12.4. The standard InChI is InChI=1S/C17H33N3O.2ClH/c1-12-7-13(2)10-20(9-12)11-14(3)19-17(21)16-6-4-5-15(16)8-18;;/h12-16H,4-11,18H2,1-3H3,(H,19,21);2*1H/t12?,13?,14?,15-,16-;;/m1../s1. The third kappa shape index (κ3) is 6.77. The number of likely N-dealkylation sites (tertiary alicyclic amines) is 1. The lowest BCUT2D eigenvalue weighted by atomic mass is 9.91. The molecule has 1 saturated carbocycles. The number of nitrogens with zero attached hydrogens (tertiary/aromatic N) is 1. The molecule has 6 heteroatoms. The molecule has 0 radical (unpaired) electrons. The predicted octanol–water partition coefficient (Wildman–Crippen LogP) is 2.69. The van der Waals surface area contributed by atoms with Crippen molar-refractivity contribution in [2.45, 2.75) is 52.5 Å². The van der Waals surface area contributed by atoms with Crippen LogP contribution in [0.2, 0.25) is 0 Å². The third-order valence-corrected chi connectivity index (χ3v) is 5.16. The largest absolute Gasteiger partial charge is 0.352 e. The highest BCUT2D eigenvalue weighted by Gasteiger charge is 2.32. The zero-order chi connectivity index (χ0) is 15.4. The highest BCUT2D eigenvalue weighted by Crippen LogP contribution is 2.31. The van der Waals surface area contributed by atoms with E-state index < -0.39 is 0 Å². The molecule has 3 N–H and O–H groups in total. The summed E-state index contributed by atoms with van der Waals surface area (Å²) in [6.07, 6.45) is 4.61. The summed E-state index contributed by atoms with van der Waals surface area (Å²) in [7, 11) is 0. The SMILES string of the molecule is CC1CC(C)CN(CC(C)NC(=O)[C@@H]2CCC[C@@H]2CN)C1.Cl.Cl. The Bertz CT molecular complexity index is 347. The number of rotatable bonds is 5. The molecule has 4 nitrogen and oxygen atoms in total. The van der Waals surface area contributed by atoms with Crippen LogP contribution in [0.4, 0.5) is 0 Å². The fraction of sp³-hybridized carbons (Fsp3) is 0.941. The number of hydrogen-bond donors (Lipinski definition) is 2. The lowest BCUT2D eigenvalue weighted by Gasteiger charge is -2.36. The third-order valence-electron chi connectivity index (χ3n) is 5.16. The molecule has 138 valence electrons. The van der Waals surface area contributed by atoms with E-state index in [9.17, 15) is 4.79 Å². The minimum Gasteiger partial charge on any atom is -0.352 e. The number of carbonyl (C=O) groups is 1. The zero-order valence-corrected chi connectivity index (χ0v) is 16.4. The van der Waals surface area contributed by atoms with Crippen LogP contribution in [-0.2, 0) is 4.79 Å². The van der Waals surface area contributed by atoms with E-state index in [4.69, 9.17) is 5.73 Å². The number of nitrogens with one attached hydrogen (secondary N) is 1. The van der Waals surface area contributed by atoms with Crippen molar-refractivity contribution in [3.05, 3.63) is 0 Å². The maximum Gasteiger partial charge on any atom is 0.223 e. The van der Waals surface area contributed by atoms with Gasteiger partial charge in [0.1, 0.15) is 0 Å². The number of amides is 1. The molecular weight excluding hydrogens is 333 g/mol. The summed E-state index contributed by atoms with van der Waals surface area (Å²) in [5.74, 6) is 2.32. The van der Waals surface area contributed by atoms with Crippen LogP contribution in [0, 0.1) is 23.7 Å². The second-order valence-electron chi connectivity index (χ2n) is 7.61. The van der Waals surface area contributed by atoms with Crippen molar-refractivity contribution in [2.24, 2.45) is 29.4 Å². The van der Waals surface area contributed by atoms with E-state index in [0.717, 1.165) is 37.6 Å². The Morgan fingerprint density at radius 3 is 2.39 bits per heavy atom. The van der Waals surface area contributed by atoms with Crippen LogP contribution in [0.15, 0.2) is 0 Å². The molecule has 2 aliphatic rings. The molecule has 2 fully saturated rings. The smallest absolute Gasteiger partial charge is 0.223 e. The summed E-state index contributed by atoms with van der Waals surface area (Å²) in [6, 6.07) is 0.231. The monoisotopic (exact) mass is 367 g/mol. The Kier molecular flexibility index (Phi) is 10.7. The van der Waals surface area contributed by atoms with Gasteiger partial charge in [0, 0.05) is 31.6 Å². The van der Waals surface area contributed by atoms with Gasteiger partial charge in [0.05, 0.1) is 0 Å². The Labute approximate surface area is 154 Å². The first-order valence-electron chi connectivity index (χ1n) is 8.72. The Morgan fingerprint density at radius 1 is 1.22 bits per heavy atom. The van der Waals surface area contributed by atoms with E-state index in [1.807, 2.05) is 0 Å². The number of carbonyl (C=O) groups excluding carboxylic acids is 1. The molecule has 1 amide bonds. The quantitative estimate of drug-likeness (QED) is 0.785. The van der Waals surface area contributed by atoms with E-state index in [1.54, 1.807) is 0 Å². The van der Waals surface area contributed by atoms with Gasteiger partial charge in [-0.15, -0.1) is 24.8 Å². The van der Waals surface area contributed by atoms with Gasteiger partial charge in [-0.3, -0.25) is 4.79 Å². The number of halogens is 2. The summed E-state index contributed by atoms with van der Waals surface area (Å²) in [5.41, 5.74) is 5.78. The highest BCUT2D eigenvalue weighted by atomic mass is 35.5. The van der Waals surface area contributed by atoms with Gasteiger partial charge in [-0.25, -0.2) is 0 Å². The minimum atomic E-state index is 0. The first-order valence-corrected chi connectivity index (χ1v) is 8.72. The molecule has 0 bridgehead atoms. The number of piperidine rings is 1. The van der Waals surface area contributed by atoms with E-state index in [1.165, 1.54) is 19.5 Å². The summed E-state index contributed by atoms with van der Waals surface area (Å²) < 4.78 is 0. The molecule has 1 aliphatic heterocycles. The van der Waals surface area contributed by atoms with Crippen molar-refractivity contribution >= 4 is 30.7 Å². The minimum absolute atomic E-state index is 0. The first-order chi connectivity index (χ1) is 9.99. The molecule has 23 heavy (non-hydrogen) atoms. The lowest BCUT2D eigenvalue weighted by Crippen LogP contribution is -2.48. The average molecular weight is 368 g/mol. The van der Waals surface area contributed by atoms with E-state index in [2.05, 4.69) is 31.0 Å². The van der Waals surface area contributed by atoms with Gasteiger partial charge in [0.15, 0.2) is 0 Å². The Morgan fingerprint density at radius 2 is 1.83 bits per heavy atom. The molecule has 1 saturated heterocycles. The summed E-state index contributed by atoms with van der Waals surface area (Å²) >= 11 is 0. The van der Waals surface area contributed by atoms with Crippen LogP contribution in [0.5, 0.6) is 0 Å². The summed E-state index contributed by atoms with van der Waals surface area (Å²) in [5, 5.41) is 3.23. The molecule has 0 aromatic carbocycles. The maximum atomic E-state index is 12.4. The topological polar surface area (TPSA) is 58.4 Å². The lowest BCUT2D eigenvalue weighted by molar-refractivity contribution is -0.126. The van der Waals surface area contributed by atoms with Crippen molar-refractivity contribution in [1.82, 2.24) is 10.2 Å². The van der Waals surface area contributed by atoms with Gasteiger partial charge < -0.3 is 16.0 Å². The van der Waals surface area contributed by atoms with Crippen LogP contribution >= 0.6 is 24.8 Å². The van der Waals surface area contributed by atoms with Gasteiger partial charge in [-0.2, -0.15) is 0 Å². The molecule has 0 aromatic heterocycles. The fourth-order valence-electron chi connectivity index (χ4n) is 4.39. The molecule has 1 heterocycles. The zero-order valence-electron chi connectivity index (χ0n) is 14.8. The van der Waals surface area contributed by atoms with Gasteiger partial charge in [0.2, 0.25) is 5.91 Å². The second-order valence-corrected chi connectivity index (χ2v) is 7.61. The van der Waals surface area contributed by atoms with Crippen molar-refractivity contribution in [3.63, 3.8) is 0 Å². The molecule has 0 aromatic rings. The summed E-state index contributed by atoms with van der Waals surface area (Å²) in [4.78, 5) is 14.9. The first kappa shape index (κ1) is 23.0. The van der Waals surface area contributed by atoms with Gasteiger partial charge in [-0.1, -0.05) is 20.3 Å². The van der Waals surface area contributed by atoms with Crippen LogP contribution < -0.4 is 11.1 Å². The number of hydrogen-bond acceptors (Lipinski definition) is 3. The average Bonchev–Trinajstić information content (AvgIpc) is 2.85. The molecular formula is C17H35Cl2N3O. The second kappa shape index (κ2) is 10.8. The molecule has 3 unspecified atom stereocenters. The van der Waals surface area contributed by atoms with Crippen LogP contribution in [0.3, 0.4) is 0 Å². The van der Waals surface area contributed by atoms with Gasteiger partial charge in [-0.05, 0) is 50.5 Å². The van der Waals surface area contributed by atoms with Crippen LogP contribution in [-0.4, -0.2) is 43.0 Å². The van der Waals surface area contributed by atoms with Crippen molar-refractivity contribution in [3.8, 4) is 0 Å². The fourth-order valence-corrected chi connectivity index (χ4v) is 4.39. The molecule has 5 atom stereocenters. The Balaban J connectivity index is 0.00000242. The Hall–Kier alpha value is -0.0300. The summed E-state index contributed by atoms with van der Waals surface area (Å²) in [6.45, 7) is 10.7. The normalized spacial score (nSPS) is 32.5. The van der Waals surface area contributed by atoms with Crippen LogP contribution in [0.25, 0.3) is 0 Å². The molecule has 2 rings (SSSR count). The predicted molar refractivity (Wildman–Crippen MR) is 101 cm³/mol. The van der Waals surface area contributed by atoms with E-state index >= 15 is 0 Å². The van der Waals surface area contributed by atoms with Gasteiger partial charge >= 0.3 is 0 Å². The molecule has 1 aliphatic carbocycles. The van der Waals surface area contributed by atoms with Gasteiger partial charge in [0.25, 0.3) is 0 Å². The molecule has 0 spiro atoms. The highest BCUT2D eigenvalue weighted by molar-refractivity contribution is 5.85. The van der Waals surface area contributed by atoms with Crippen molar-refractivity contribution in [2.75, 3.05) is 26.2 Å². The van der Waals surface area contributed by atoms with E-state index in [-0.39, 0.29) is 42.7 Å².